The lowest BCUT2D eigenvalue weighted by molar-refractivity contribution is -0.139. The molecule has 0 aliphatic rings. The van der Waals surface area contributed by atoms with E-state index in [1.165, 1.54) is 14.2 Å². The zero-order chi connectivity index (χ0) is 21.8. The SMILES string of the molecule is COC(=O)Cc1c(C)c2ccc(OCC(=O)c3cccc(OC)c3)c(C)c2oc1=O. The van der Waals surface area contributed by atoms with E-state index in [4.69, 9.17) is 13.9 Å². The normalized spacial score (nSPS) is 10.7. The number of esters is 1. The topological polar surface area (TPSA) is 92.0 Å². The maximum absolute atomic E-state index is 12.4. The van der Waals surface area contributed by atoms with Crippen LogP contribution < -0.4 is 15.1 Å². The van der Waals surface area contributed by atoms with Gasteiger partial charge in [0.25, 0.3) is 0 Å². The monoisotopic (exact) mass is 410 g/mol. The molecule has 0 spiro atoms. The lowest BCUT2D eigenvalue weighted by Crippen LogP contribution is -2.16. The van der Waals surface area contributed by atoms with Gasteiger partial charge in [-0.15, -0.1) is 0 Å². The van der Waals surface area contributed by atoms with E-state index in [1.807, 2.05) is 0 Å². The highest BCUT2D eigenvalue weighted by Crippen LogP contribution is 2.29. The van der Waals surface area contributed by atoms with Crippen molar-refractivity contribution in [1.29, 1.82) is 0 Å². The molecule has 0 N–H and O–H groups in total. The van der Waals surface area contributed by atoms with Crippen molar-refractivity contribution in [2.45, 2.75) is 20.3 Å². The highest BCUT2D eigenvalue weighted by molar-refractivity contribution is 5.97. The number of carbonyl (C=O) groups excluding carboxylic acids is 2. The van der Waals surface area contributed by atoms with Gasteiger partial charge in [0.15, 0.2) is 12.4 Å². The maximum Gasteiger partial charge on any atom is 0.340 e. The predicted octanol–water partition coefficient (Wildman–Crippen LogP) is 3.40. The van der Waals surface area contributed by atoms with Crippen molar-refractivity contribution < 1.29 is 28.2 Å². The maximum atomic E-state index is 12.4. The van der Waals surface area contributed by atoms with Crippen LogP contribution in [0.15, 0.2) is 45.6 Å². The molecule has 0 atom stereocenters. The molecule has 0 amide bonds. The summed E-state index contributed by atoms with van der Waals surface area (Å²) in [6.45, 7) is 3.32. The van der Waals surface area contributed by atoms with Crippen LogP contribution in [0.2, 0.25) is 0 Å². The van der Waals surface area contributed by atoms with Gasteiger partial charge in [-0.25, -0.2) is 4.79 Å². The number of benzene rings is 2. The van der Waals surface area contributed by atoms with Crippen LogP contribution in [0.3, 0.4) is 0 Å². The number of rotatable bonds is 7. The quantitative estimate of drug-likeness (QED) is 0.335. The molecule has 0 radical (unpaired) electrons. The van der Waals surface area contributed by atoms with Crippen molar-refractivity contribution in [2.75, 3.05) is 20.8 Å². The Labute approximate surface area is 173 Å². The third kappa shape index (κ3) is 4.20. The van der Waals surface area contributed by atoms with Crippen LogP contribution in [0, 0.1) is 13.8 Å². The lowest BCUT2D eigenvalue weighted by Gasteiger charge is -2.13. The fourth-order valence-corrected chi connectivity index (χ4v) is 3.17. The molecule has 1 aromatic heterocycles. The number of ether oxygens (including phenoxy) is 3. The van der Waals surface area contributed by atoms with E-state index in [2.05, 4.69) is 4.74 Å². The Morgan fingerprint density at radius 3 is 2.50 bits per heavy atom. The van der Waals surface area contributed by atoms with Gasteiger partial charge in [0.1, 0.15) is 17.1 Å². The number of hydrogen-bond donors (Lipinski definition) is 0. The molecule has 0 aliphatic carbocycles. The summed E-state index contributed by atoms with van der Waals surface area (Å²) in [4.78, 5) is 36.4. The average molecular weight is 410 g/mol. The Kier molecular flexibility index (Phi) is 6.20. The molecule has 0 fully saturated rings. The second-order valence-electron chi connectivity index (χ2n) is 6.76. The summed E-state index contributed by atoms with van der Waals surface area (Å²) in [6, 6.07) is 10.3. The third-order valence-corrected chi connectivity index (χ3v) is 4.95. The minimum atomic E-state index is -0.599. The van der Waals surface area contributed by atoms with E-state index >= 15 is 0 Å². The largest absolute Gasteiger partial charge is 0.497 e. The smallest absolute Gasteiger partial charge is 0.340 e. The molecule has 3 rings (SSSR count). The summed E-state index contributed by atoms with van der Waals surface area (Å²) in [6.07, 6.45) is -0.160. The lowest BCUT2D eigenvalue weighted by atomic mass is 10.0. The first-order valence-electron chi connectivity index (χ1n) is 9.28. The number of fused-ring (bicyclic) bond motifs is 1. The van der Waals surface area contributed by atoms with Gasteiger partial charge in [-0.05, 0) is 43.7 Å². The van der Waals surface area contributed by atoms with Crippen molar-refractivity contribution in [1.82, 2.24) is 0 Å². The van der Waals surface area contributed by atoms with Crippen LogP contribution in [0.4, 0.5) is 0 Å². The molecule has 0 aliphatic heterocycles. The minimum absolute atomic E-state index is 0.160. The van der Waals surface area contributed by atoms with E-state index in [0.717, 1.165) is 0 Å². The molecule has 30 heavy (non-hydrogen) atoms. The first-order chi connectivity index (χ1) is 14.3. The molecule has 0 bridgehead atoms. The Bertz CT molecular complexity index is 1170. The van der Waals surface area contributed by atoms with Gasteiger partial charge >= 0.3 is 11.6 Å². The zero-order valence-corrected chi connectivity index (χ0v) is 17.2. The van der Waals surface area contributed by atoms with Crippen LogP contribution in [-0.2, 0) is 16.0 Å². The molecule has 7 heteroatoms. The van der Waals surface area contributed by atoms with E-state index in [9.17, 15) is 14.4 Å². The van der Waals surface area contributed by atoms with Gasteiger partial charge in [0, 0.05) is 16.5 Å². The summed E-state index contributed by atoms with van der Waals surface area (Å²) in [5.74, 6) is 0.293. The van der Waals surface area contributed by atoms with Gasteiger partial charge in [-0.2, -0.15) is 0 Å². The van der Waals surface area contributed by atoms with E-state index in [0.29, 0.717) is 39.2 Å². The summed E-state index contributed by atoms with van der Waals surface area (Å²) in [5, 5.41) is 0.692. The highest BCUT2D eigenvalue weighted by Gasteiger charge is 2.18. The molecule has 2 aromatic carbocycles. The molecule has 1 heterocycles. The molecule has 7 nitrogen and oxygen atoms in total. The number of carbonyl (C=O) groups is 2. The van der Waals surface area contributed by atoms with Gasteiger partial charge in [-0.3, -0.25) is 9.59 Å². The van der Waals surface area contributed by atoms with Crippen LogP contribution in [0.25, 0.3) is 11.0 Å². The Hall–Kier alpha value is -3.61. The third-order valence-electron chi connectivity index (χ3n) is 4.95. The van der Waals surface area contributed by atoms with Gasteiger partial charge in [0.05, 0.1) is 26.2 Å². The number of hydrogen-bond acceptors (Lipinski definition) is 7. The van der Waals surface area contributed by atoms with Gasteiger partial charge < -0.3 is 18.6 Å². The van der Waals surface area contributed by atoms with E-state index in [1.54, 1.807) is 50.2 Å². The fraction of sp³-hybridized carbons (Fsp3) is 0.261. The molecular formula is C23H22O7. The molecular weight excluding hydrogens is 388 g/mol. The summed E-state index contributed by atoms with van der Waals surface area (Å²) in [5.41, 5.74) is 1.73. The molecule has 156 valence electrons. The van der Waals surface area contributed by atoms with E-state index in [-0.39, 0.29) is 24.4 Å². The van der Waals surface area contributed by atoms with Crippen LogP contribution in [0.1, 0.15) is 27.0 Å². The summed E-state index contributed by atoms with van der Waals surface area (Å²) < 4.78 is 20.9. The van der Waals surface area contributed by atoms with Gasteiger partial charge in [0.2, 0.25) is 0 Å². The second-order valence-corrected chi connectivity index (χ2v) is 6.76. The Morgan fingerprint density at radius 1 is 1.03 bits per heavy atom. The highest BCUT2D eigenvalue weighted by atomic mass is 16.5. The van der Waals surface area contributed by atoms with Crippen molar-refractivity contribution in [2.24, 2.45) is 0 Å². The van der Waals surface area contributed by atoms with Crippen LogP contribution in [0.5, 0.6) is 11.5 Å². The van der Waals surface area contributed by atoms with Crippen molar-refractivity contribution in [3.63, 3.8) is 0 Å². The summed E-state index contributed by atoms with van der Waals surface area (Å²) >= 11 is 0. The van der Waals surface area contributed by atoms with Crippen LogP contribution >= 0.6 is 0 Å². The number of Topliss-reactive ketones (excluding diaryl/α,β-unsaturated/α-hetero) is 1. The second kappa shape index (κ2) is 8.82. The van der Waals surface area contributed by atoms with Crippen molar-refractivity contribution >= 4 is 22.7 Å². The molecule has 0 unspecified atom stereocenters. The first kappa shape index (κ1) is 21.1. The standard InChI is InChI=1S/C23H22O7/c1-13-17-8-9-20(29-12-19(24)15-6-5-7-16(10-15)27-3)14(2)22(17)30-23(26)18(13)11-21(25)28-4/h5-10H,11-12H2,1-4H3. The zero-order valence-electron chi connectivity index (χ0n) is 17.2. The predicted molar refractivity (Wildman–Crippen MR) is 110 cm³/mol. The summed E-state index contributed by atoms with van der Waals surface area (Å²) in [7, 11) is 2.80. The fourth-order valence-electron chi connectivity index (χ4n) is 3.17. The number of ketones is 1. The number of aryl methyl sites for hydroxylation is 2. The first-order valence-corrected chi connectivity index (χ1v) is 9.28. The van der Waals surface area contributed by atoms with E-state index < -0.39 is 11.6 Å². The average Bonchev–Trinajstić information content (AvgIpc) is 2.76. The Balaban J connectivity index is 1.88. The minimum Gasteiger partial charge on any atom is -0.497 e. The molecule has 0 saturated heterocycles. The molecule has 3 aromatic rings. The van der Waals surface area contributed by atoms with Crippen molar-refractivity contribution in [3.8, 4) is 11.5 Å². The van der Waals surface area contributed by atoms with Crippen molar-refractivity contribution in [3.05, 3.63) is 69.1 Å². The number of methoxy groups -OCH3 is 2. The van der Waals surface area contributed by atoms with Gasteiger partial charge in [-0.1, -0.05) is 12.1 Å². The van der Waals surface area contributed by atoms with Crippen LogP contribution in [-0.4, -0.2) is 32.6 Å². The molecule has 0 saturated carbocycles. The Morgan fingerprint density at radius 2 is 1.80 bits per heavy atom.